The van der Waals surface area contributed by atoms with Gasteiger partial charge in [-0.25, -0.2) is 0 Å². The lowest BCUT2D eigenvalue weighted by molar-refractivity contribution is -0.385. The van der Waals surface area contributed by atoms with Gasteiger partial charge in [0, 0.05) is 28.8 Å². The molecule has 2 atom stereocenters. The summed E-state index contributed by atoms with van der Waals surface area (Å²) in [6.45, 7) is 3.95. The first-order valence-electron chi connectivity index (χ1n) is 9.40. The third-order valence-electron chi connectivity index (χ3n) is 5.19. The molecule has 0 spiro atoms. The topological polar surface area (TPSA) is 92.6 Å². The third kappa shape index (κ3) is 4.56. The molecule has 2 aromatic carbocycles. The third-order valence-corrected chi connectivity index (χ3v) is 5.44. The molecule has 0 bridgehead atoms. The fourth-order valence-corrected chi connectivity index (χ4v) is 3.71. The highest BCUT2D eigenvalue weighted by Crippen LogP contribution is 2.25. The molecule has 0 radical (unpaired) electrons. The highest BCUT2D eigenvalue weighted by atomic mass is 35.5. The maximum absolute atomic E-state index is 12.9. The summed E-state index contributed by atoms with van der Waals surface area (Å²) in [5, 5.41) is 14.6. The lowest BCUT2D eigenvalue weighted by Crippen LogP contribution is -2.46. The zero-order valence-corrected chi connectivity index (χ0v) is 17.0. The molecule has 8 heteroatoms. The maximum atomic E-state index is 12.9. The molecule has 2 unspecified atom stereocenters. The van der Waals surface area contributed by atoms with Gasteiger partial charge < -0.3 is 10.2 Å². The van der Waals surface area contributed by atoms with Crippen molar-refractivity contribution in [3.8, 4) is 0 Å². The Morgan fingerprint density at radius 3 is 2.55 bits per heavy atom. The van der Waals surface area contributed by atoms with Gasteiger partial charge in [0.05, 0.1) is 11.0 Å². The first-order valence-corrected chi connectivity index (χ1v) is 9.77. The van der Waals surface area contributed by atoms with Crippen molar-refractivity contribution in [2.24, 2.45) is 0 Å². The van der Waals surface area contributed by atoms with Gasteiger partial charge >= 0.3 is 0 Å². The molecule has 0 saturated carbocycles. The number of nitro groups is 1. The number of hydrogen-bond acceptors (Lipinski definition) is 4. The van der Waals surface area contributed by atoms with Crippen LogP contribution in [-0.2, 0) is 4.79 Å². The normalized spacial score (nSPS) is 17.1. The summed E-state index contributed by atoms with van der Waals surface area (Å²) in [6.07, 6.45) is 1.31. The lowest BCUT2D eigenvalue weighted by atomic mass is 10.1. The molecule has 1 heterocycles. The summed E-state index contributed by atoms with van der Waals surface area (Å²) in [4.78, 5) is 37.8. The molecule has 0 aliphatic carbocycles. The van der Waals surface area contributed by atoms with Crippen LogP contribution >= 0.6 is 11.6 Å². The van der Waals surface area contributed by atoms with Crippen molar-refractivity contribution in [3.63, 3.8) is 0 Å². The van der Waals surface area contributed by atoms with Crippen LogP contribution in [-0.4, -0.2) is 34.2 Å². The Hall–Kier alpha value is -2.93. The van der Waals surface area contributed by atoms with Crippen molar-refractivity contribution in [2.45, 2.75) is 38.8 Å². The average Bonchev–Trinajstić information content (AvgIpc) is 3.17. The minimum Gasteiger partial charge on any atom is -0.348 e. The van der Waals surface area contributed by atoms with Crippen LogP contribution < -0.4 is 5.32 Å². The van der Waals surface area contributed by atoms with E-state index in [0.29, 0.717) is 29.1 Å². The van der Waals surface area contributed by atoms with Gasteiger partial charge in [-0.05, 0) is 56.5 Å². The first-order chi connectivity index (χ1) is 13.8. The highest BCUT2D eigenvalue weighted by molar-refractivity contribution is 6.30. The molecule has 1 saturated heterocycles. The molecule has 1 N–H and O–H groups in total. The van der Waals surface area contributed by atoms with Gasteiger partial charge in [-0.2, -0.15) is 0 Å². The molecular weight excluding hydrogens is 394 g/mol. The predicted octanol–water partition coefficient (Wildman–Crippen LogP) is 4.04. The molecular formula is C21H22ClN3O4. The minimum absolute atomic E-state index is 0.0333. The Balaban J connectivity index is 1.72. The SMILES string of the molecule is Cc1cc(C(=O)N2CCCC2C(=O)NC(C)c2ccc(Cl)cc2)ccc1[N+](=O)[O-]. The fraction of sp³-hybridized carbons (Fsp3) is 0.333. The van der Waals surface area contributed by atoms with E-state index in [1.807, 2.05) is 19.1 Å². The van der Waals surface area contributed by atoms with Crippen molar-refractivity contribution < 1.29 is 14.5 Å². The quantitative estimate of drug-likeness (QED) is 0.589. The second-order valence-electron chi connectivity index (χ2n) is 7.20. The van der Waals surface area contributed by atoms with Crippen LogP contribution in [0.5, 0.6) is 0 Å². The number of rotatable bonds is 5. The van der Waals surface area contributed by atoms with Crippen molar-refractivity contribution in [1.29, 1.82) is 0 Å². The van der Waals surface area contributed by atoms with E-state index in [1.165, 1.54) is 18.2 Å². The summed E-state index contributed by atoms with van der Waals surface area (Å²) in [5.41, 5.74) is 1.65. The number of carbonyl (C=O) groups excluding carboxylic acids is 2. The largest absolute Gasteiger partial charge is 0.348 e. The lowest BCUT2D eigenvalue weighted by Gasteiger charge is -2.26. The standard InChI is InChI=1S/C21H22ClN3O4/c1-13-12-16(7-10-18(13)25(28)29)21(27)24-11-3-4-19(24)20(26)23-14(2)15-5-8-17(22)9-6-15/h5-10,12,14,19H,3-4,11H2,1-2H3,(H,23,26). The average molecular weight is 416 g/mol. The summed E-state index contributed by atoms with van der Waals surface area (Å²) in [5.74, 6) is -0.503. The predicted molar refractivity (Wildman–Crippen MR) is 110 cm³/mol. The van der Waals surface area contributed by atoms with E-state index in [4.69, 9.17) is 11.6 Å². The number of likely N-dealkylation sites (tertiary alicyclic amines) is 1. The van der Waals surface area contributed by atoms with E-state index in [1.54, 1.807) is 24.0 Å². The van der Waals surface area contributed by atoms with Crippen LogP contribution in [0.25, 0.3) is 0 Å². The summed E-state index contributed by atoms with van der Waals surface area (Å²) in [7, 11) is 0. The van der Waals surface area contributed by atoms with Crippen LogP contribution in [0.1, 0.15) is 47.3 Å². The maximum Gasteiger partial charge on any atom is 0.272 e. The van der Waals surface area contributed by atoms with Gasteiger partial charge in [-0.15, -0.1) is 0 Å². The van der Waals surface area contributed by atoms with E-state index in [-0.39, 0.29) is 23.5 Å². The van der Waals surface area contributed by atoms with E-state index in [0.717, 1.165) is 12.0 Å². The zero-order valence-electron chi connectivity index (χ0n) is 16.2. The Labute approximate surface area is 173 Å². The number of nitrogens with zero attached hydrogens (tertiary/aromatic N) is 2. The number of carbonyl (C=O) groups is 2. The minimum atomic E-state index is -0.562. The monoisotopic (exact) mass is 415 g/mol. The van der Waals surface area contributed by atoms with E-state index in [9.17, 15) is 19.7 Å². The van der Waals surface area contributed by atoms with Gasteiger partial charge in [0.1, 0.15) is 6.04 Å². The van der Waals surface area contributed by atoms with Crippen molar-refractivity contribution >= 4 is 29.1 Å². The number of hydrogen-bond donors (Lipinski definition) is 1. The van der Waals surface area contributed by atoms with Gasteiger partial charge in [0.25, 0.3) is 11.6 Å². The Bertz CT molecular complexity index is 945. The molecule has 2 amide bonds. The molecule has 1 fully saturated rings. The number of nitro benzene ring substituents is 1. The Kier molecular flexibility index (Phi) is 6.17. The van der Waals surface area contributed by atoms with E-state index >= 15 is 0 Å². The number of amides is 2. The molecule has 152 valence electrons. The number of aryl methyl sites for hydroxylation is 1. The van der Waals surface area contributed by atoms with Crippen LogP contribution in [0, 0.1) is 17.0 Å². The van der Waals surface area contributed by atoms with Crippen LogP contribution in [0.3, 0.4) is 0 Å². The summed E-state index contributed by atoms with van der Waals surface area (Å²) in [6, 6.07) is 10.7. The van der Waals surface area contributed by atoms with Gasteiger partial charge in [0.2, 0.25) is 5.91 Å². The Morgan fingerprint density at radius 2 is 1.93 bits per heavy atom. The van der Waals surface area contributed by atoms with E-state index < -0.39 is 11.0 Å². The van der Waals surface area contributed by atoms with Crippen LogP contribution in [0.4, 0.5) is 5.69 Å². The zero-order chi connectivity index (χ0) is 21.1. The molecule has 7 nitrogen and oxygen atoms in total. The van der Waals surface area contributed by atoms with Gasteiger partial charge in [-0.3, -0.25) is 19.7 Å². The van der Waals surface area contributed by atoms with E-state index in [2.05, 4.69) is 5.32 Å². The summed E-state index contributed by atoms with van der Waals surface area (Å²) < 4.78 is 0. The summed E-state index contributed by atoms with van der Waals surface area (Å²) >= 11 is 5.91. The Morgan fingerprint density at radius 1 is 1.24 bits per heavy atom. The first kappa shape index (κ1) is 20.8. The van der Waals surface area contributed by atoms with Crippen molar-refractivity contribution in [1.82, 2.24) is 10.2 Å². The highest BCUT2D eigenvalue weighted by Gasteiger charge is 2.35. The van der Waals surface area contributed by atoms with Crippen molar-refractivity contribution in [3.05, 3.63) is 74.3 Å². The number of halogens is 1. The molecule has 1 aliphatic heterocycles. The molecule has 3 rings (SSSR count). The van der Waals surface area contributed by atoms with Gasteiger partial charge in [0.15, 0.2) is 0 Å². The number of nitrogens with one attached hydrogen (secondary N) is 1. The second-order valence-corrected chi connectivity index (χ2v) is 7.63. The molecule has 2 aromatic rings. The number of benzene rings is 2. The molecule has 29 heavy (non-hydrogen) atoms. The second kappa shape index (κ2) is 8.61. The fourth-order valence-electron chi connectivity index (χ4n) is 3.59. The van der Waals surface area contributed by atoms with Gasteiger partial charge in [-0.1, -0.05) is 23.7 Å². The molecule has 1 aliphatic rings. The van der Waals surface area contributed by atoms with Crippen LogP contribution in [0.15, 0.2) is 42.5 Å². The smallest absolute Gasteiger partial charge is 0.272 e. The van der Waals surface area contributed by atoms with Crippen LogP contribution in [0.2, 0.25) is 5.02 Å². The molecule has 0 aromatic heterocycles. The van der Waals surface area contributed by atoms with Crippen molar-refractivity contribution in [2.75, 3.05) is 6.54 Å².